The molecule has 1 aliphatic rings. The number of hydrogen-bond acceptors (Lipinski definition) is 7. The van der Waals surface area contributed by atoms with Crippen molar-refractivity contribution in [3.8, 4) is 0 Å². The van der Waals surface area contributed by atoms with Gasteiger partial charge in [0.1, 0.15) is 18.8 Å². The lowest BCUT2D eigenvalue weighted by molar-refractivity contribution is -0.125. The molecule has 2 aromatic rings. The first kappa shape index (κ1) is 19.0. The second kappa shape index (κ2) is 8.30. The number of nitrogens with one attached hydrogen (secondary N) is 2. The van der Waals surface area contributed by atoms with Crippen LogP contribution in [0.5, 0.6) is 0 Å². The number of carbonyl (C=O) groups is 3. The van der Waals surface area contributed by atoms with Gasteiger partial charge in [0.2, 0.25) is 11.7 Å². The number of hydrogen-bond donors (Lipinski definition) is 4. The fraction of sp³-hybridized carbons (Fsp3) is 0.278. The van der Waals surface area contributed by atoms with Gasteiger partial charge in [0.05, 0.1) is 17.5 Å². The summed E-state index contributed by atoms with van der Waals surface area (Å²) in [6, 6.07) is 8.44. The summed E-state index contributed by atoms with van der Waals surface area (Å²) in [5.74, 6) is -1.19. The van der Waals surface area contributed by atoms with Gasteiger partial charge in [0, 0.05) is 0 Å². The number of aliphatic hydroxyl groups excluding tert-OH is 2. The quantitative estimate of drug-likeness (QED) is 0.577. The third kappa shape index (κ3) is 4.16. The molecular formula is C18H18N2O6S. The van der Waals surface area contributed by atoms with E-state index in [-0.39, 0.29) is 6.61 Å². The monoisotopic (exact) mass is 390 g/mol. The highest BCUT2D eigenvalue weighted by Gasteiger charge is 2.41. The third-order valence-electron chi connectivity index (χ3n) is 4.14. The fourth-order valence-corrected chi connectivity index (χ4v) is 3.65. The summed E-state index contributed by atoms with van der Waals surface area (Å²) in [5.41, 5.74) is 1.30. The Labute approximate surface area is 158 Å². The molecule has 1 unspecified atom stereocenters. The summed E-state index contributed by atoms with van der Waals surface area (Å²) in [6.45, 7) is -0.653. The smallest absolute Gasteiger partial charge is 0.408 e. The Balaban J connectivity index is 1.56. The molecule has 3 atom stereocenters. The van der Waals surface area contributed by atoms with E-state index in [4.69, 9.17) is 4.74 Å². The highest BCUT2D eigenvalue weighted by atomic mass is 32.1. The first-order chi connectivity index (χ1) is 13.0. The molecule has 142 valence electrons. The molecule has 2 amide bonds. The van der Waals surface area contributed by atoms with Crippen LogP contribution in [0.3, 0.4) is 0 Å². The highest BCUT2D eigenvalue weighted by Crippen LogP contribution is 2.35. The lowest BCUT2D eigenvalue weighted by Crippen LogP contribution is -2.51. The van der Waals surface area contributed by atoms with Gasteiger partial charge in [-0.25, -0.2) is 4.79 Å². The molecule has 1 aromatic carbocycles. The second-order valence-corrected chi connectivity index (χ2v) is 6.86. The summed E-state index contributed by atoms with van der Waals surface area (Å²) < 4.78 is 5.02. The topological polar surface area (TPSA) is 125 Å². The number of alkyl carbamates (subject to hydrolysis) is 1. The minimum absolute atomic E-state index is 0.0144. The Morgan fingerprint density at radius 1 is 1.22 bits per heavy atom. The molecule has 1 aromatic heterocycles. The molecule has 8 nitrogen and oxygen atoms in total. The predicted octanol–water partition coefficient (Wildman–Crippen LogP) is 0.750. The van der Waals surface area contributed by atoms with Crippen molar-refractivity contribution in [2.24, 2.45) is 0 Å². The summed E-state index contributed by atoms with van der Waals surface area (Å²) in [5, 5.41) is 25.9. The highest BCUT2D eigenvalue weighted by molar-refractivity contribution is 7.12. The number of benzene rings is 1. The van der Waals surface area contributed by atoms with Crippen molar-refractivity contribution in [3.63, 3.8) is 0 Å². The van der Waals surface area contributed by atoms with E-state index in [2.05, 4.69) is 10.6 Å². The average molecular weight is 390 g/mol. The standard InChI is InChI=1S/C18H18N2O6S/c21-8-12(19-18(25)26-9-10-4-2-1-3-5-10)17(24)20-13-11-6-7-27-16(11)15(23)14(13)22/h1-7,12-14,21-22H,8-9H2,(H,19,25)(H,20,24)/t12?,13-,14-/m0/s1. The van der Waals surface area contributed by atoms with Crippen molar-refractivity contribution in [3.05, 3.63) is 57.8 Å². The molecule has 9 heteroatoms. The maximum absolute atomic E-state index is 12.4. The van der Waals surface area contributed by atoms with E-state index in [0.717, 1.165) is 5.56 Å². The number of carbonyl (C=O) groups excluding carboxylic acids is 3. The van der Waals surface area contributed by atoms with Crippen LogP contribution in [0.4, 0.5) is 4.79 Å². The van der Waals surface area contributed by atoms with E-state index in [1.807, 2.05) is 6.07 Å². The van der Waals surface area contributed by atoms with Crippen LogP contribution in [0.15, 0.2) is 41.8 Å². The third-order valence-corrected chi connectivity index (χ3v) is 5.09. The van der Waals surface area contributed by atoms with Gasteiger partial charge >= 0.3 is 6.09 Å². The van der Waals surface area contributed by atoms with E-state index in [1.165, 1.54) is 11.3 Å². The summed E-state index contributed by atoms with van der Waals surface area (Å²) in [6.07, 6.45) is -2.26. The zero-order valence-corrected chi connectivity index (χ0v) is 14.9. The molecular weight excluding hydrogens is 372 g/mol. The van der Waals surface area contributed by atoms with Crippen LogP contribution in [0.25, 0.3) is 0 Å². The van der Waals surface area contributed by atoms with Crippen LogP contribution in [-0.2, 0) is 16.1 Å². The zero-order chi connectivity index (χ0) is 19.4. The van der Waals surface area contributed by atoms with Crippen molar-refractivity contribution in [2.75, 3.05) is 6.61 Å². The van der Waals surface area contributed by atoms with Gasteiger partial charge in [-0.1, -0.05) is 30.3 Å². The summed E-state index contributed by atoms with van der Waals surface area (Å²) in [4.78, 5) is 36.6. The van der Waals surface area contributed by atoms with Crippen molar-refractivity contribution in [1.29, 1.82) is 0 Å². The van der Waals surface area contributed by atoms with Crippen molar-refractivity contribution < 1.29 is 29.3 Å². The first-order valence-electron chi connectivity index (χ1n) is 8.19. The molecule has 0 spiro atoms. The van der Waals surface area contributed by atoms with Gasteiger partial charge in [0.15, 0.2) is 0 Å². The number of fused-ring (bicyclic) bond motifs is 1. The van der Waals surface area contributed by atoms with Gasteiger partial charge in [-0.15, -0.1) is 11.3 Å². The van der Waals surface area contributed by atoms with E-state index >= 15 is 0 Å². The molecule has 0 fully saturated rings. The molecule has 1 aliphatic carbocycles. The van der Waals surface area contributed by atoms with Crippen molar-refractivity contribution >= 4 is 29.1 Å². The molecule has 0 saturated carbocycles. The Kier molecular flexibility index (Phi) is 5.84. The summed E-state index contributed by atoms with van der Waals surface area (Å²) in [7, 11) is 0. The van der Waals surface area contributed by atoms with Gasteiger partial charge in [-0.2, -0.15) is 0 Å². The number of thiophene rings is 1. The zero-order valence-electron chi connectivity index (χ0n) is 14.1. The van der Waals surface area contributed by atoms with Crippen LogP contribution in [0, 0.1) is 0 Å². The number of aliphatic hydroxyl groups is 2. The lowest BCUT2D eigenvalue weighted by atomic mass is 10.1. The SMILES string of the molecule is O=C(NC(CO)C(=O)N[C@H]1c2ccsc2C(=O)[C@H]1O)OCc1ccccc1. The molecule has 0 aliphatic heterocycles. The lowest BCUT2D eigenvalue weighted by Gasteiger charge is -2.21. The number of ketones is 1. The van der Waals surface area contributed by atoms with Crippen molar-refractivity contribution in [2.45, 2.75) is 24.8 Å². The fourth-order valence-electron chi connectivity index (χ4n) is 2.73. The normalized spacial score (nSPS) is 19.3. The molecule has 0 saturated heterocycles. The van der Waals surface area contributed by atoms with E-state index in [9.17, 15) is 24.6 Å². The van der Waals surface area contributed by atoms with Gasteiger partial charge < -0.3 is 25.6 Å². The molecule has 4 N–H and O–H groups in total. The maximum Gasteiger partial charge on any atom is 0.408 e. The van der Waals surface area contributed by atoms with Crippen LogP contribution >= 0.6 is 11.3 Å². The van der Waals surface area contributed by atoms with Gasteiger partial charge in [-0.05, 0) is 22.6 Å². The van der Waals surface area contributed by atoms with E-state index < -0.39 is 42.6 Å². The second-order valence-electron chi connectivity index (χ2n) is 5.94. The van der Waals surface area contributed by atoms with Crippen LogP contribution in [0.1, 0.15) is 26.8 Å². The minimum Gasteiger partial charge on any atom is -0.445 e. The number of rotatable bonds is 6. The molecule has 0 radical (unpaired) electrons. The Hall–Kier alpha value is -2.75. The largest absolute Gasteiger partial charge is 0.445 e. The first-order valence-corrected chi connectivity index (χ1v) is 9.07. The van der Waals surface area contributed by atoms with E-state index in [0.29, 0.717) is 10.4 Å². The molecule has 27 heavy (non-hydrogen) atoms. The molecule has 0 bridgehead atoms. The number of amides is 2. The average Bonchev–Trinajstić information content (AvgIpc) is 3.24. The van der Waals surface area contributed by atoms with Crippen molar-refractivity contribution in [1.82, 2.24) is 10.6 Å². The Bertz CT molecular complexity index is 837. The maximum atomic E-state index is 12.4. The predicted molar refractivity (Wildman–Crippen MR) is 96.2 cm³/mol. The van der Waals surface area contributed by atoms with Crippen LogP contribution in [0.2, 0.25) is 0 Å². The van der Waals surface area contributed by atoms with Gasteiger partial charge in [0.25, 0.3) is 0 Å². The van der Waals surface area contributed by atoms with E-state index in [1.54, 1.807) is 35.7 Å². The molecule has 3 rings (SSSR count). The number of Topliss-reactive ketones (excluding diaryl/α,β-unsaturated/α-hetero) is 1. The Morgan fingerprint density at radius 3 is 2.67 bits per heavy atom. The minimum atomic E-state index is -1.39. The molecule has 1 heterocycles. The number of ether oxygens (including phenoxy) is 1. The Morgan fingerprint density at radius 2 is 1.96 bits per heavy atom. The summed E-state index contributed by atoms with van der Waals surface area (Å²) >= 11 is 1.18. The van der Waals surface area contributed by atoms with Crippen LogP contribution in [-0.4, -0.2) is 46.7 Å². The van der Waals surface area contributed by atoms with Crippen LogP contribution < -0.4 is 10.6 Å². The van der Waals surface area contributed by atoms with Gasteiger partial charge in [-0.3, -0.25) is 9.59 Å².